The van der Waals surface area contributed by atoms with Gasteiger partial charge in [0.05, 0.1) is 6.04 Å². The Morgan fingerprint density at radius 2 is 2.27 bits per heavy atom. The fraction of sp³-hybridized carbons (Fsp3) is 0.909. The van der Waals surface area contributed by atoms with Crippen LogP contribution in [0.2, 0.25) is 0 Å². The molecule has 4 nitrogen and oxygen atoms in total. The molecule has 0 aromatic carbocycles. The highest BCUT2D eigenvalue weighted by Gasteiger charge is 2.23. The van der Waals surface area contributed by atoms with Gasteiger partial charge in [0.1, 0.15) is 0 Å². The first-order valence-corrected chi connectivity index (χ1v) is 5.64. The van der Waals surface area contributed by atoms with Crippen molar-refractivity contribution in [3.05, 3.63) is 0 Å². The van der Waals surface area contributed by atoms with Crippen molar-refractivity contribution in [1.82, 2.24) is 4.90 Å². The number of nitrogens with two attached hydrogens (primary N) is 1. The number of carbonyl (C=O) groups is 1. The van der Waals surface area contributed by atoms with E-state index in [-0.39, 0.29) is 5.91 Å². The Balaban J connectivity index is 2.23. The molecule has 0 spiro atoms. The third kappa shape index (κ3) is 3.80. The number of carbonyl (C=O) groups excluding carboxylic acids is 1. The second kappa shape index (κ2) is 6.08. The molecule has 1 aliphatic rings. The number of likely N-dealkylation sites (N-methyl/N-ethyl adjacent to an activating group) is 1. The van der Waals surface area contributed by atoms with E-state index >= 15 is 0 Å². The van der Waals surface area contributed by atoms with Gasteiger partial charge in [0.15, 0.2) is 0 Å². The highest BCUT2D eigenvalue weighted by Crippen LogP contribution is 2.26. The molecule has 0 bridgehead atoms. The lowest BCUT2D eigenvalue weighted by Gasteiger charge is -2.31. The van der Waals surface area contributed by atoms with Gasteiger partial charge in [0, 0.05) is 27.3 Å². The Labute approximate surface area is 91.8 Å². The van der Waals surface area contributed by atoms with Crippen LogP contribution in [0.1, 0.15) is 25.7 Å². The first-order valence-electron chi connectivity index (χ1n) is 5.64. The van der Waals surface area contributed by atoms with Crippen molar-refractivity contribution in [3.8, 4) is 0 Å². The maximum absolute atomic E-state index is 11.8. The Morgan fingerprint density at radius 3 is 2.73 bits per heavy atom. The van der Waals surface area contributed by atoms with Gasteiger partial charge in [-0.2, -0.15) is 0 Å². The van der Waals surface area contributed by atoms with Crippen molar-refractivity contribution >= 4 is 5.91 Å². The zero-order valence-electron chi connectivity index (χ0n) is 9.74. The van der Waals surface area contributed by atoms with Crippen molar-refractivity contribution < 1.29 is 9.53 Å². The van der Waals surface area contributed by atoms with Gasteiger partial charge in [-0.3, -0.25) is 4.79 Å². The molecular weight excluding hydrogens is 192 g/mol. The number of amides is 1. The van der Waals surface area contributed by atoms with Crippen molar-refractivity contribution in [2.45, 2.75) is 31.7 Å². The summed E-state index contributed by atoms with van der Waals surface area (Å²) >= 11 is 0. The van der Waals surface area contributed by atoms with E-state index in [1.807, 2.05) is 7.05 Å². The van der Waals surface area contributed by atoms with E-state index in [4.69, 9.17) is 10.5 Å². The van der Waals surface area contributed by atoms with Crippen LogP contribution in [0.4, 0.5) is 0 Å². The van der Waals surface area contributed by atoms with Gasteiger partial charge < -0.3 is 15.4 Å². The zero-order chi connectivity index (χ0) is 11.3. The van der Waals surface area contributed by atoms with E-state index in [2.05, 4.69) is 0 Å². The van der Waals surface area contributed by atoms with E-state index in [1.165, 1.54) is 19.3 Å². The number of hydrogen-bond acceptors (Lipinski definition) is 3. The summed E-state index contributed by atoms with van der Waals surface area (Å²) in [7, 11) is 3.46. The van der Waals surface area contributed by atoms with Crippen LogP contribution in [0.3, 0.4) is 0 Å². The van der Waals surface area contributed by atoms with Crippen LogP contribution < -0.4 is 5.73 Å². The van der Waals surface area contributed by atoms with Gasteiger partial charge in [-0.05, 0) is 25.2 Å². The third-order valence-corrected chi connectivity index (χ3v) is 3.08. The molecular formula is C11H22N2O2. The summed E-state index contributed by atoms with van der Waals surface area (Å²) in [6, 6.07) is -0.407. The third-order valence-electron chi connectivity index (χ3n) is 3.08. The molecule has 0 aromatic rings. The topological polar surface area (TPSA) is 55.6 Å². The van der Waals surface area contributed by atoms with E-state index in [0.717, 1.165) is 6.54 Å². The second-order valence-electron chi connectivity index (χ2n) is 4.40. The quantitative estimate of drug-likeness (QED) is 0.704. The van der Waals surface area contributed by atoms with Gasteiger partial charge in [0.25, 0.3) is 0 Å². The van der Waals surface area contributed by atoms with E-state index in [0.29, 0.717) is 18.9 Å². The molecule has 0 aliphatic heterocycles. The SMILES string of the molecule is COCCC(N)C(=O)N(C)CC1CCC1. The van der Waals surface area contributed by atoms with E-state index in [1.54, 1.807) is 12.0 Å². The molecule has 0 saturated heterocycles. The number of nitrogens with zero attached hydrogens (tertiary/aromatic N) is 1. The van der Waals surface area contributed by atoms with Crippen LogP contribution in [-0.2, 0) is 9.53 Å². The summed E-state index contributed by atoms with van der Waals surface area (Å²) in [6.07, 6.45) is 4.42. The van der Waals surface area contributed by atoms with Crippen LogP contribution in [0, 0.1) is 5.92 Å². The molecule has 1 saturated carbocycles. The summed E-state index contributed by atoms with van der Waals surface area (Å²) in [6.45, 7) is 1.41. The standard InChI is InChI=1S/C11H22N2O2/c1-13(8-9-4-3-5-9)11(14)10(12)6-7-15-2/h9-10H,3-8,12H2,1-2H3. The molecule has 1 aliphatic carbocycles. The lowest BCUT2D eigenvalue weighted by Crippen LogP contribution is -2.44. The highest BCUT2D eigenvalue weighted by atomic mass is 16.5. The van der Waals surface area contributed by atoms with Crippen LogP contribution in [0.15, 0.2) is 0 Å². The first kappa shape index (κ1) is 12.5. The smallest absolute Gasteiger partial charge is 0.239 e. The predicted molar refractivity (Wildman–Crippen MR) is 59.4 cm³/mol. The summed E-state index contributed by atoms with van der Waals surface area (Å²) < 4.78 is 4.91. The molecule has 1 atom stereocenters. The van der Waals surface area contributed by atoms with Crippen LogP contribution in [0.25, 0.3) is 0 Å². The van der Waals surface area contributed by atoms with E-state index in [9.17, 15) is 4.79 Å². The van der Waals surface area contributed by atoms with E-state index < -0.39 is 6.04 Å². The number of ether oxygens (including phenoxy) is 1. The largest absolute Gasteiger partial charge is 0.385 e. The molecule has 1 amide bonds. The number of hydrogen-bond donors (Lipinski definition) is 1. The lowest BCUT2D eigenvalue weighted by atomic mass is 9.85. The fourth-order valence-electron chi connectivity index (χ4n) is 1.80. The monoisotopic (exact) mass is 214 g/mol. The Bertz CT molecular complexity index is 205. The van der Waals surface area contributed by atoms with Crippen LogP contribution >= 0.6 is 0 Å². The molecule has 0 heterocycles. The van der Waals surface area contributed by atoms with Crippen molar-refractivity contribution in [2.75, 3.05) is 27.3 Å². The number of rotatable bonds is 6. The maximum atomic E-state index is 11.8. The summed E-state index contributed by atoms with van der Waals surface area (Å²) in [4.78, 5) is 13.5. The summed E-state index contributed by atoms with van der Waals surface area (Å²) in [5, 5.41) is 0. The Hall–Kier alpha value is -0.610. The van der Waals surface area contributed by atoms with Gasteiger partial charge >= 0.3 is 0 Å². The second-order valence-corrected chi connectivity index (χ2v) is 4.40. The van der Waals surface area contributed by atoms with Crippen molar-refractivity contribution in [2.24, 2.45) is 11.7 Å². The van der Waals surface area contributed by atoms with Gasteiger partial charge in [-0.15, -0.1) is 0 Å². The normalized spacial score (nSPS) is 18.3. The molecule has 0 aromatic heterocycles. The Morgan fingerprint density at radius 1 is 1.60 bits per heavy atom. The predicted octanol–water partition coefficient (Wildman–Crippen LogP) is 0.609. The molecule has 2 N–H and O–H groups in total. The Kier molecular flexibility index (Phi) is 5.05. The molecule has 1 fully saturated rings. The minimum Gasteiger partial charge on any atom is -0.385 e. The fourth-order valence-corrected chi connectivity index (χ4v) is 1.80. The lowest BCUT2D eigenvalue weighted by molar-refractivity contribution is -0.132. The zero-order valence-corrected chi connectivity index (χ0v) is 9.74. The van der Waals surface area contributed by atoms with Crippen LogP contribution in [0.5, 0.6) is 0 Å². The average Bonchev–Trinajstić information content (AvgIpc) is 2.18. The highest BCUT2D eigenvalue weighted by molar-refractivity contribution is 5.81. The minimum absolute atomic E-state index is 0.0407. The van der Waals surface area contributed by atoms with Gasteiger partial charge in [-0.25, -0.2) is 0 Å². The van der Waals surface area contributed by atoms with Crippen LogP contribution in [-0.4, -0.2) is 44.2 Å². The van der Waals surface area contributed by atoms with Gasteiger partial charge in [-0.1, -0.05) is 6.42 Å². The van der Waals surface area contributed by atoms with Crippen molar-refractivity contribution in [1.29, 1.82) is 0 Å². The molecule has 1 rings (SSSR count). The first-order chi connectivity index (χ1) is 7.15. The maximum Gasteiger partial charge on any atom is 0.239 e. The molecule has 0 radical (unpaired) electrons. The molecule has 88 valence electrons. The minimum atomic E-state index is -0.407. The van der Waals surface area contributed by atoms with Gasteiger partial charge in [0.2, 0.25) is 5.91 Å². The molecule has 15 heavy (non-hydrogen) atoms. The average molecular weight is 214 g/mol. The summed E-state index contributed by atoms with van der Waals surface area (Å²) in [5.74, 6) is 0.743. The summed E-state index contributed by atoms with van der Waals surface area (Å²) in [5.41, 5.74) is 5.77. The molecule has 1 unspecified atom stereocenters. The molecule has 4 heteroatoms. The van der Waals surface area contributed by atoms with Crippen molar-refractivity contribution in [3.63, 3.8) is 0 Å². The number of methoxy groups -OCH3 is 1.